The van der Waals surface area contributed by atoms with E-state index in [-0.39, 0.29) is 0 Å². The summed E-state index contributed by atoms with van der Waals surface area (Å²) in [5.41, 5.74) is 6.41. The molecule has 1 heterocycles. The highest BCUT2D eigenvalue weighted by Crippen LogP contribution is 2.30. The highest BCUT2D eigenvalue weighted by Gasteiger charge is 2.19. The average Bonchev–Trinajstić information content (AvgIpc) is 2.38. The van der Waals surface area contributed by atoms with Crippen molar-refractivity contribution in [3.8, 4) is 5.88 Å². The van der Waals surface area contributed by atoms with E-state index in [1.54, 1.807) is 7.11 Å². The highest BCUT2D eigenvalue weighted by atomic mass is 16.5. The van der Waals surface area contributed by atoms with Crippen LogP contribution in [0, 0.1) is 11.8 Å². The highest BCUT2D eigenvalue weighted by molar-refractivity contribution is 5.66. The van der Waals surface area contributed by atoms with Crippen LogP contribution in [0.5, 0.6) is 5.88 Å². The lowest BCUT2D eigenvalue weighted by molar-refractivity contribution is 0.293. The van der Waals surface area contributed by atoms with Gasteiger partial charge < -0.3 is 15.8 Å². The molecular formula is C13H22N4O. The number of rotatable bonds is 4. The van der Waals surface area contributed by atoms with Gasteiger partial charge in [-0.3, -0.25) is 0 Å². The van der Waals surface area contributed by atoms with Gasteiger partial charge in [-0.15, -0.1) is 0 Å². The zero-order chi connectivity index (χ0) is 13.0. The SMILES string of the molecule is COc1ncnc(NCC2CCCC(C)C2)c1N. The molecule has 5 heteroatoms. The monoisotopic (exact) mass is 250 g/mol. The van der Waals surface area contributed by atoms with Crippen molar-refractivity contribution >= 4 is 11.5 Å². The van der Waals surface area contributed by atoms with Gasteiger partial charge in [0.05, 0.1) is 7.11 Å². The molecule has 1 aliphatic rings. The summed E-state index contributed by atoms with van der Waals surface area (Å²) < 4.78 is 5.08. The maximum atomic E-state index is 5.92. The number of nitrogens with one attached hydrogen (secondary N) is 1. The second kappa shape index (κ2) is 5.89. The Morgan fingerprint density at radius 2 is 2.28 bits per heavy atom. The summed E-state index contributed by atoms with van der Waals surface area (Å²) in [6.45, 7) is 3.25. The summed E-state index contributed by atoms with van der Waals surface area (Å²) in [5.74, 6) is 2.67. The quantitative estimate of drug-likeness (QED) is 0.857. The van der Waals surface area contributed by atoms with E-state index >= 15 is 0 Å². The van der Waals surface area contributed by atoms with Crippen molar-refractivity contribution in [2.24, 2.45) is 11.8 Å². The summed E-state index contributed by atoms with van der Waals surface area (Å²) in [7, 11) is 1.56. The molecule has 1 aliphatic carbocycles. The first kappa shape index (κ1) is 12.9. The van der Waals surface area contributed by atoms with Crippen LogP contribution >= 0.6 is 0 Å². The zero-order valence-electron chi connectivity index (χ0n) is 11.1. The van der Waals surface area contributed by atoms with E-state index in [0.29, 0.717) is 23.3 Å². The largest absolute Gasteiger partial charge is 0.479 e. The summed E-state index contributed by atoms with van der Waals surface area (Å²) in [5, 5.41) is 3.32. The number of nitrogen functional groups attached to an aromatic ring is 1. The molecule has 0 aliphatic heterocycles. The minimum absolute atomic E-state index is 0.435. The van der Waals surface area contributed by atoms with Crippen LogP contribution in [0.1, 0.15) is 32.6 Å². The Bertz CT molecular complexity index is 397. The number of hydrogen-bond acceptors (Lipinski definition) is 5. The standard InChI is InChI=1S/C13H22N4O/c1-9-4-3-5-10(6-9)7-15-12-11(14)13(18-2)17-8-16-12/h8-10H,3-7,14H2,1-2H3,(H,15,16,17). The first-order chi connectivity index (χ1) is 8.70. The minimum Gasteiger partial charge on any atom is -0.479 e. The van der Waals surface area contributed by atoms with Crippen LogP contribution in [0.4, 0.5) is 11.5 Å². The van der Waals surface area contributed by atoms with E-state index in [0.717, 1.165) is 12.5 Å². The Labute approximate surface area is 108 Å². The molecule has 0 aromatic carbocycles. The number of anilines is 2. The first-order valence-corrected chi connectivity index (χ1v) is 6.59. The van der Waals surface area contributed by atoms with Gasteiger partial charge >= 0.3 is 0 Å². The second-order valence-electron chi connectivity index (χ2n) is 5.16. The Balaban J connectivity index is 1.93. The predicted octanol–water partition coefficient (Wildman–Crippen LogP) is 2.31. The molecule has 0 spiro atoms. The maximum absolute atomic E-state index is 5.92. The summed E-state index contributed by atoms with van der Waals surface area (Å²) in [6, 6.07) is 0. The summed E-state index contributed by atoms with van der Waals surface area (Å²) in [6.07, 6.45) is 6.74. The summed E-state index contributed by atoms with van der Waals surface area (Å²) >= 11 is 0. The molecule has 5 nitrogen and oxygen atoms in total. The fraction of sp³-hybridized carbons (Fsp3) is 0.692. The topological polar surface area (TPSA) is 73.1 Å². The lowest BCUT2D eigenvalue weighted by Gasteiger charge is -2.27. The maximum Gasteiger partial charge on any atom is 0.242 e. The van der Waals surface area contributed by atoms with E-state index in [9.17, 15) is 0 Å². The van der Waals surface area contributed by atoms with Gasteiger partial charge in [-0.25, -0.2) is 4.98 Å². The molecule has 1 fully saturated rings. The van der Waals surface area contributed by atoms with Gasteiger partial charge in [0.2, 0.25) is 5.88 Å². The van der Waals surface area contributed by atoms with Crippen molar-refractivity contribution in [2.75, 3.05) is 24.7 Å². The third-order valence-electron chi connectivity index (χ3n) is 3.64. The van der Waals surface area contributed by atoms with Crippen molar-refractivity contribution in [3.63, 3.8) is 0 Å². The second-order valence-corrected chi connectivity index (χ2v) is 5.16. The molecule has 3 N–H and O–H groups in total. The van der Waals surface area contributed by atoms with E-state index in [1.807, 2.05) is 0 Å². The molecule has 100 valence electrons. The molecule has 0 radical (unpaired) electrons. The minimum atomic E-state index is 0.435. The van der Waals surface area contributed by atoms with Crippen molar-refractivity contribution in [1.82, 2.24) is 9.97 Å². The molecule has 1 aromatic rings. The van der Waals surface area contributed by atoms with Gasteiger partial charge in [0, 0.05) is 6.54 Å². The Morgan fingerprint density at radius 3 is 3.00 bits per heavy atom. The van der Waals surface area contributed by atoms with Crippen molar-refractivity contribution in [3.05, 3.63) is 6.33 Å². The summed E-state index contributed by atoms with van der Waals surface area (Å²) in [4.78, 5) is 8.13. The molecule has 0 amide bonds. The lowest BCUT2D eigenvalue weighted by atomic mass is 9.82. The average molecular weight is 250 g/mol. The third-order valence-corrected chi connectivity index (χ3v) is 3.64. The molecule has 1 aromatic heterocycles. The lowest BCUT2D eigenvalue weighted by Crippen LogP contribution is -2.21. The molecule has 2 rings (SSSR count). The van der Waals surface area contributed by atoms with E-state index < -0.39 is 0 Å². The number of hydrogen-bond donors (Lipinski definition) is 2. The van der Waals surface area contributed by atoms with E-state index in [2.05, 4.69) is 22.2 Å². The molecule has 0 bridgehead atoms. The van der Waals surface area contributed by atoms with Crippen molar-refractivity contribution in [2.45, 2.75) is 32.6 Å². The van der Waals surface area contributed by atoms with Crippen molar-refractivity contribution in [1.29, 1.82) is 0 Å². The Hall–Kier alpha value is -1.52. The normalized spacial score (nSPS) is 23.7. The number of aromatic nitrogens is 2. The molecule has 2 atom stereocenters. The Morgan fingerprint density at radius 1 is 1.44 bits per heavy atom. The fourth-order valence-corrected chi connectivity index (χ4v) is 2.67. The number of methoxy groups -OCH3 is 1. The Kier molecular flexibility index (Phi) is 4.23. The number of nitrogens with two attached hydrogens (primary N) is 1. The van der Waals surface area contributed by atoms with Crippen molar-refractivity contribution < 1.29 is 4.74 Å². The predicted molar refractivity (Wildman–Crippen MR) is 72.6 cm³/mol. The van der Waals surface area contributed by atoms with Crippen LogP contribution in [-0.2, 0) is 0 Å². The molecule has 18 heavy (non-hydrogen) atoms. The molecular weight excluding hydrogens is 228 g/mol. The fourth-order valence-electron chi connectivity index (χ4n) is 2.67. The van der Waals surface area contributed by atoms with Gasteiger partial charge in [0.15, 0.2) is 5.82 Å². The number of ether oxygens (including phenoxy) is 1. The smallest absolute Gasteiger partial charge is 0.242 e. The van der Waals surface area contributed by atoms with Crippen LogP contribution in [0.25, 0.3) is 0 Å². The number of nitrogens with zero attached hydrogens (tertiary/aromatic N) is 2. The van der Waals surface area contributed by atoms with Gasteiger partial charge in [-0.05, 0) is 24.7 Å². The zero-order valence-corrected chi connectivity index (χ0v) is 11.1. The van der Waals surface area contributed by atoms with Crippen LogP contribution in [0.15, 0.2) is 6.33 Å². The first-order valence-electron chi connectivity index (χ1n) is 6.59. The molecule has 1 saturated carbocycles. The van der Waals surface area contributed by atoms with Gasteiger partial charge in [-0.1, -0.05) is 19.8 Å². The van der Waals surface area contributed by atoms with Crippen LogP contribution in [-0.4, -0.2) is 23.6 Å². The molecule has 2 unspecified atom stereocenters. The van der Waals surface area contributed by atoms with Gasteiger partial charge in [0.25, 0.3) is 0 Å². The van der Waals surface area contributed by atoms with Gasteiger partial charge in [-0.2, -0.15) is 4.98 Å². The van der Waals surface area contributed by atoms with Gasteiger partial charge in [0.1, 0.15) is 12.0 Å². The third kappa shape index (κ3) is 3.03. The van der Waals surface area contributed by atoms with E-state index in [4.69, 9.17) is 10.5 Å². The van der Waals surface area contributed by atoms with Crippen LogP contribution in [0.3, 0.4) is 0 Å². The van der Waals surface area contributed by atoms with E-state index in [1.165, 1.54) is 32.0 Å². The molecule has 0 saturated heterocycles. The van der Waals surface area contributed by atoms with Crippen LogP contribution in [0.2, 0.25) is 0 Å². The van der Waals surface area contributed by atoms with Crippen LogP contribution < -0.4 is 15.8 Å².